The van der Waals surface area contributed by atoms with Crippen LogP contribution in [0.2, 0.25) is 0 Å². The monoisotopic (exact) mass is 877 g/mol. The summed E-state index contributed by atoms with van der Waals surface area (Å²) in [5.74, 6) is 0. The van der Waals surface area contributed by atoms with E-state index in [1.165, 1.54) is 89.0 Å². The topological polar surface area (TPSA) is 38.7 Å². The fourth-order valence-corrected chi connectivity index (χ4v) is 9.30. The molecule has 0 unspecified atom stereocenters. The van der Waals surface area contributed by atoms with Gasteiger partial charge in [-0.3, -0.25) is 15.0 Å². The molecule has 0 aliphatic carbocycles. The van der Waals surface area contributed by atoms with Gasteiger partial charge in [-0.15, -0.1) is 0 Å². The third kappa shape index (κ3) is 10.0. The lowest BCUT2D eigenvalue weighted by atomic mass is 9.89. The van der Waals surface area contributed by atoms with Gasteiger partial charge in [0.15, 0.2) is 0 Å². The molecule has 0 fully saturated rings. The lowest BCUT2D eigenvalue weighted by molar-refractivity contribution is 0.931. The Morgan fingerprint density at radius 3 is 1.28 bits per heavy atom. The molecule has 0 aliphatic rings. The molecule has 0 amide bonds. The number of aromatic nitrogens is 3. The van der Waals surface area contributed by atoms with Gasteiger partial charge in [0.1, 0.15) is 0 Å². The highest BCUT2D eigenvalue weighted by atomic mass is 14.7. The van der Waals surface area contributed by atoms with Crippen LogP contribution in [0.5, 0.6) is 0 Å². The molecule has 68 heavy (non-hydrogen) atoms. The van der Waals surface area contributed by atoms with Crippen molar-refractivity contribution in [3.05, 3.63) is 257 Å². The van der Waals surface area contributed by atoms with Gasteiger partial charge in [-0.1, -0.05) is 176 Å². The first-order valence-electron chi connectivity index (χ1n) is 23.8. The summed E-state index contributed by atoms with van der Waals surface area (Å²) in [4.78, 5) is 14.2. The summed E-state index contributed by atoms with van der Waals surface area (Å²) in [7, 11) is 0. The minimum atomic E-state index is 0.945. The molecule has 0 aliphatic heterocycles. The van der Waals surface area contributed by atoms with E-state index in [1.807, 2.05) is 18.6 Å². The molecule has 0 radical (unpaired) electrons. The first-order valence-corrected chi connectivity index (χ1v) is 23.8. The molecule has 3 heteroatoms. The van der Waals surface area contributed by atoms with Crippen LogP contribution in [0.4, 0.5) is 0 Å². The van der Waals surface area contributed by atoms with E-state index >= 15 is 0 Å². The number of nitrogens with zero attached hydrogens (tertiary/aromatic N) is 3. The summed E-state index contributed by atoms with van der Waals surface area (Å²) in [5, 5.41) is 0. The lowest BCUT2D eigenvalue weighted by Gasteiger charge is -2.15. The summed E-state index contributed by atoms with van der Waals surface area (Å²) in [6, 6.07) is 71.0. The van der Waals surface area contributed by atoms with Gasteiger partial charge in [0, 0.05) is 35.3 Å². The summed E-state index contributed by atoms with van der Waals surface area (Å²) in [6.07, 6.45) is 9.68. The Bertz CT molecular complexity index is 3200. The van der Waals surface area contributed by atoms with Crippen LogP contribution in [0.1, 0.15) is 44.5 Å². The van der Waals surface area contributed by atoms with Crippen molar-refractivity contribution in [3.8, 4) is 78.3 Å². The van der Waals surface area contributed by atoms with Crippen LogP contribution in [0.15, 0.2) is 213 Å². The minimum absolute atomic E-state index is 0.945. The molecule has 3 heterocycles. The fourth-order valence-electron chi connectivity index (χ4n) is 9.30. The van der Waals surface area contributed by atoms with E-state index in [0.717, 1.165) is 59.5 Å². The Morgan fingerprint density at radius 1 is 0.265 bits per heavy atom. The van der Waals surface area contributed by atoms with Crippen molar-refractivity contribution >= 4 is 0 Å². The largest absolute Gasteiger partial charge is 0.256 e. The molecule has 0 saturated heterocycles. The van der Waals surface area contributed by atoms with Gasteiger partial charge in [-0.05, 0) is 161 Å². The van der Waals surface area contributed by atoms with E-state index in [1.54, 1.807) is 0 Å². The van der Waals surface area contributed by atoms with E-state index in [9.17, 15) is 0 Å². The van der Waals surface area contributed by atoms with Gasteiger partial charge < -0.3 is 0 Å². The molecular formula is C65H55N3. The van der Waals surface area contributed by atoms with Crippen LogP contribution in [-0.2, 0) is 25.7 Å². The molecule has 0 N–H and O–H groups in total. The second-order valence-electron chi connectivity index (χ2n) is 18.3. The zero-order valence-corrected chi connectivity index (χ0v) is 39.4. The Morgan fingerprint density at radius 2 is 0.735 bits per heavy atom. The highest BCUT2D eigenvalue weighted by molar-refractivity contribution is 5.85. The van der Waals surface area contributed by atoms with E-state index < -0.39 is 0 Å². The van der Waals surface area contributed by atoms with Gasteiger partial charge in [0.05, 0.1) is 17.1 Å². The van der Waals surface area contributed by atoms with Gasteiger partial charge in [-0.2, -0.15) is 0 Å². The van der Waals surface area contributed by atoms with Crippen molar-refractivity contribution in [1.82, 2.24) is 15.0 Å². The van der Waals surface area contributed by atoms with Gasteiger partial charge >= 0.3 is 0 Å². The molecule has 330 valence electrons. The predicted octanol–water partition coefficient (Wildman–Crippen LogP) is 16.3. The van der Waals surface area contributed by atoms with Crippen molar-refractivity contribution in [3.63, 3.8) is 0 Å². The van der Waals surface area contributed by atoms with E-state index in [2.05, 4.69) is 232 Å². The van der Waals surface area contributed by atoms with E-state index in [0.29, 0.717) is 0 Å². The molecule has 7 aromatic carbocycles. The normalized spacial score (nSPS) is 11.2. The minimum Gasteiger partial charge on any atom is -0.256 e. The van der Waals surface area contributed by atoms with Crippen molar-refractivity contribution < 1.29 is 0 Å². The van der Waals surface area contributed by atoms with E-state index in [-0.39, 0.29) is 0 Å². The third-order valence-electron chi connectivity index (χ3n) is 13.2. The van der Waals surface area contributed by atoms with Crippen molar-refractivity contribution in [2.24, 2.45) is 0 Å². The van der Waals surface area contributed by atoms with E-state index in [4.69, 9.17) is 4.98 Å². The molecular weight excluding hydrogens is 823 g/mol. The van der Waals surface area contributed by atoms with Crippen molar-refractivity contribution in [2.75, 3.05) is 0 Å². The van der Waals surface area contributed by atoms with Crippen LogP contribution in [-0.4, -0.2) is 15.0 Å². The molecule has 10 aromatic rings. The zero-order valence-electron chi connectivity index (χ0n) is 39.4. The second-order valence-corrected chi connectivity index (χ2v) is 18.3. The van der Waals surface area contributed by atoms with Crippen LogP contribution in [0.25, 0.3) is 78.3 Å². The highest BCUT2D eigenvalue weighted by Crippen LogP contribution is 2.37. The van der Waals surface area contributed by atoms with Crippen LogP contribution < -0.4 is 0 Å². The maximum absolute atomic E-state index is 4.93. The van der Waals surface area contributed by atoms with Crippen LogP contribution in [0.3, 0.4) is 0 Å². The summed E-state index contributed by atoms with van der Waals surface area (Å²) in [5.41, 5.74) is 26.3. The van der Waals surface area contributed by atoms with Crippen molar-refractivity contribution in [2.45, 2.75) is 53.4 Å². The molecule has 3 nitrogen and oxygen atoms in total. The van der Waals surface area contributed by atoms with Gasteiger partial charge in [-0.25, -0.2) is 0 Å². The number of pyridine rings is 3. The average molecular weight is 878 g/mol. The lowest BCUT2D eigenvalue weighted by Crippen LogP contribution is -1.98. The first kappa shape index (κ1) is 43.9. The fraction of sp³-hybridized carbons (Fsp3) is 0.123. The molecule has 0 saturated carbocycles. The summed E-state index contributed by atoms with van der Waals surface area (Å²) >= 11 is 0. The number of benzene rings is 7. The molecule has 3 aromatic heterocycles. The Labute approximate surface area is 402 Å². The Hall–Kier alpha value is -8.01. The van der Waals surface area contributed by atoms with Crippen LogP contribution >= 0.6 is 0 Å². The van der Waals surface area contributed by atoms with Crippen LogP contribution in [0, 0.1) is 27.7 Å². The number of hydrogen-bond donors (Lipinski definition) is 0. The number of rotatable bonds is 13. The standard InChI is InChI=1S/C65H55N3/c1-44-14-34-63(66-41-44)54-24-20-48(21-25-54)16-18-50-37-51(19-17-49-22-26-55(27-23-49)64-35-15-45(2)42-67-64)39-58(38-50)61-13-9-8-12-60(61)53-28-30-56(31-29-53)65-40-62(47(4)43-68-65)59-33-32-57(36-46(59)3)52-10-6-5-7-11-52/h5-15,20-43H,16-19H2,1-4H3. The maximum atomic E-state index is 4.93. The smallest absolute Gasteiger partial charge is 0.0708 e. The molecule has 10 rings (SSSR count). The quantitative estimate of drug-likeness (QED) is 0.116. The zero-order chi connectivity index (χ0) is 46.4. The molecule has 0 spiro atoms. The van der Waals surface area contributed by atoms with Gasteiger partial charge in [0.25, 0.3) is 0 Å². The summed E-state index contributed by atoms with van der Waals surface area (Å²) < 4.78 is 0. The average Bonchev–Trinajstić information content (AvgIpc) is 3.39. The number of hydrogen-bond acceptors (Lipinski definition) is 3. The Balaban J connectivity index is 0.922. The molecule has 0 atom stereocenters. The predicted molar refractivity (Wildman–Crippen MR) is 285 cm³/mol. The Kier molecular flexibility index (Phi) is 12.8. The third-order valence-corrected chi connectivity index (χ3v) is 13.2. The molecule has 0 bridgehead atoms. The number of aryl methyl sites for hydroxylation is 8. The maximum Gasteiger partial charge on any atom is 0.0708 e. The SMILES string of the molecule is Cc1ccc(-c2ccc(CCc3cc(CCc4ccc(-c5ccc(C)cn5)cc4)cc(-c4ccccc4-c4ccc(-c5cc(-c6ccc(-c7ccccc7)cc6C)c(C)cn5)cc4)c3)cc2)nc1. The second kappa shape index (κ2) is 19.8. The highest BCUT2D eigenvalue weighted by Gasteiger charge is 2.14. The summed E-state index contributed by atoms with van der Waals surface area (Å²) in [6.45, 7) is 8.51. The van der Waals surface area contributed by atoms with Crippen molar-refractivity contribution in [1.29, 1.82) is 0 Å². The van der Waals surface area contributed by atoms with Gasteiger partial charge in [0.2, 0.25) is 0 Å². The first-order chi connectivity index (χ1) is 33.3.